The van der Waals surface area contributed by atoms with E-state index in [1.165, 1.54) is 12.8 Å². The number of likely N-dealkylation sites (tertiary alicyclic amines) is 1. The molecule has 2 heterocycles. The molecule has 0 spiro atoms. The summed E-state index contributed by atoms with van der Waals surface area (Å²) in [4.78, 5) is 18.9. The fourth-order valence-corrected chi connectivity index (χ4v) is 3.56. The van der Waals surface area contributed by atoms with E-state index in [1.54, 1.807) is 0 Å². The Labute approximate surface area is 158 Å². The standard InChI is InChI=1S/C19H37N3O4/c1-19(2,3)26-18(24)22-10-8-21(9-11-22)16-17-4-6-20(7-5-17)12-14-25-15-13-23/h17,23H,4-16H2,1-3H3. The topological polar surface area (TPSA) is 65.5 Å². The van der Waals surface area contributed by atoms with Gasteiger partial charge in [-0.25, -0.2) is 4.79 Å². The van der Waals surface area contributed by atoms with Gasteiger partial charge in [0, 0.05) is 39.3 Å². The van der Waals surface area contributed by atoms with E-state index in [0.29, 0.717) is 13.2 Å². The molecular formula is C19H37N3O4. The van der Waals surface area contributed by atoms with Crippen LogP contribution in [0.2, 0.25) is 0 Å². The molecule has 26 heavy (non-hydrogen) atoms. The zero-order chi connectivity index (χ0) is 19.0. The molecule has 0 aliphatic carbocycles. The van der Waals surface area contributed by atoms with E-state index in [0.717, 1.165) is 58.3 Å². The van der Waals surface area contributed by atoms with Crippen LogP contribution in [-0.4, -0.2) is 104 Å². The molecule has 0 aromatic carbocycles. The molecule has 1 amide bonds. The summed E-state index contributed by atoms with van der Waals surface area (Å²) in [7, 11) is 0. The van der Waals surface area contributed by atoms with Crippen molar-refractivity contribution >= 4 is 6.09 Å². The lowest BCUT2D eigenvalue weighted by Gasteiger charge is -2.39. The molecule has 2 saturated heterocycles. The second-order valence-electron chi connectivity index (χ2n) is 8.39. The van der Waals surface area contributed by atoms with Crippen LogP contribution >= 0.6 is 0 Å². The molecule has 152 valence electrons. The molecule has 0 aromatic rings. The van der Waals surface area contributed by atoms with Crippen molar-refractivity contribution in [1.82, 2.24) is 14.7 Å². The number of nitrogens with zero attached hydrogens (tertiary/aromatic N) is 3. The maximum atomic E-state index is 12.1. The van der Waals surface area contributed by atoms with Gasteiger partial charge in [0.1, 0.15) is 5.60 Å². The molecule has 0 bridgehead atoms. The number of aliphatic hydroxyl groups excluding tert-OH is 1. The van der Waals surface area contributed by atoms with Crippen molar-refractivity contribution < 1.29 is 19.4 Å². The SMILES string of the molecule is CC(C)(C)OC(=O)N1CCN(CC2CCN(CCOCCO)CC2)CC1. The molecule has 0 atom stereocenters. The van der Waals surface area contributed by atoms with Gasteiger partial charge >= 0.3 is 6.09 Å². The normalized spacial score (nSPS) is 21.2. The van der Waals surface area contributed by atoms with Crippen molar-refractivity contribution in [2.45, 2.75) is 39.2 Å². The zero-order valence-corrected chi connectivity index (χ0v) is 16.8. The highest BCUT2D eigenvalue weighted by molar-refractivity contribution is 5.68. The van der Waals surface area contributed by atoms with Gasteiger partial charge in [0.25, 0.3) is 0 Å². The summed E-state index contributed by atoms with van der Waals surface area (Å²) in [6.45, 7) is 14.7. The van der Waals surface area contributed by atoms with Crippen molar-refractivity contribution in [3.63, 3.8) is 0 Å². The summed E-state index contributed by atoms with van der Waals surface area (Å²) in [5, 5.41) is 8.72. The number of carbonyl (C=O) groups excluding carboxylic acids is 1. The number of piperidine rings is 1. The van der Waals surface area contributed by atoms with E-state index in [4.69, 9.17) is 14.6 Å². The minimum absolute atomic E-state index is 0.100. The number of ether oxygens (including phenoxy) is 2. The molecule has 2 aliphatic heterocycles. The molecule has 0 radical (unpaired) electrons. The van der Waals surface area contributed by atoms with Crippen LogP contribution in [0.1, 0.15) is 33.6 Å². The maximum Gasteiger partial charge on any atom is 0.410 e. The number of amides is 1. The first-order valence-electron chi connectivity index (χ1n) is 9.98. The quantitative estimate of drug-likeness (QED) is 0.680. The Morgan fingerprint density at radius 1 is 1.00 bits per heavy atom. The lowest BCUT2D eigenvalue weighted by Crippen LogP contribution is -2.51. The van der Waals surface area contributed by atoms with Gasteiger partial charge in [0.15, 0.2) is 0 Å². The summed E-state index contributed by atoms with van der Waals surface area (Å²) >= 11 is 0. The first kappa shape index (κ1) is 21.4. The van der Waals surface area contributed by atoms with Crippen LogP contribution in [0.15, 0.2) is 0 Å². The van der Waals surface area contributed by atoms with Crippen LogP contribution in [0.5, 0.6) is 0 Å². The number of hydrogen-bond acceptors (Lipinski definition) is 6. The van der Waals surface area contributed by atoms with Gasteiger partial charge in [0.2, 0.25) is 0 Å². The second kappa shape index (κ2) is 10.4. The molecule has 0 saturated carbocycles. The molecule has 0 aromatic heterocycles. The number of piperazine rings is 1. The lowest BCUT2D eigenvalue weighted by atomic mass is 9.96. The summed E-state index contributed by atoms with van der Waals surface area (Å²) < 4.78 is 10.8. The van der Waals surface area contributed by atoms with Gasteiger partial charge < -0.3 is 24.4 Å². The molecule has 0 unspecified atom stereocenters. The molecular weight excluding hydrogens is 334 g/mol. The van der Waals surface area contributed by atoms with E-state index >= 15 is 0 Å². The van der Waals surface area contributed by atoms with E-state index in [-0.39, 0.29) is 12.7 Å². The van der Waals surface area contributed by atoms with Crippen molar-refractivity contribution in [3.8, 4) is 0 Å². The molecule has 1 N–H and O–H groups in total. The van der Waals surface area contributed by atoms with Crippen LogP contribution < -0.4 is 0 Å². The summed E-state index contributed by atoms with van der Waals surface area (Å²) in [5.74, 6) is 0.748. The predicted octanol–water partition coefficient (Wildman–Crippen LogP) is 1.26. The van der Waals surface area contributed by atoms with Gasteiger partial charge in [0.05, 0.1) is 19.8 Å². The van der Waals surface area contributed by atoms with Crippen LogP contribution in [-0.2, 0) is 9.47 Å². The Morgan fingerprint density at radius 2 is 1.65 bits per heavy atom. The second-order valence-corrected chi connectivity index (χ2v) is 8.39. The third-order valence-electron chi connectivity index (χ3n) is 5.04. The Balaban J connectivity index is 1.59. The smallest absolute Gasteiger partial charge is 0.410 e. The van der Waals surface area contributed by atoms with Crippen molar-refractivity contribution in [1.29, 1.82) is 0 Å². The monoisotopic (exact) mass is 371 g/mol. The van der Waals surface area contributed by atoms with Gasteiger partial charge in [-0.05, 0) is 52.6 Å². The van der Waals surface area contributed by atoms with Gasteiger partial charge in [-0.1, -0.05) is 0 Å². The Bertz CT molecular complexity index is 411. The highest BCUT2D eigenvalue weighted by atomic mass is 16.6. The lowest BCUT2D eigenvalue weighted by molar-refractivity contribution is 0.0118. The largest absolute Gasteiger partial charge is 0.444 e. The highest BCUT2D eigenvalue weighted by Crippen LogP contribution is 2.19. The summed E-state index contributed by atoms with van der Waals surface area (Å²) in [5.41, 5.74) is -0.425. The number of carbonyl (C=O) groups is 1. The van der Waals surface area contributed by atoms with E-state index in [1.807, 2.05) is 25.7 Å². The number of aliphatic hydroxyl groups is 1. The molecule has 2 aliphatic rings. The fourth-order valence-electron chi connectivity index (χ4n) is 3.56. The van der Waals surface area contributed by atoms with Crippen LogP contribution in [0.25, 0.3) is 0 Å². The van der Waals surface area contributed by atoms with E-state index in [2.05, 4.69) is 9.80 Å². The minimum Gasteiger partial charge on any atom is -0.444 e. The number of rotatable bonds is 7. The molecule has 2 fully saturated rings. The van der Waals surface area contributed by atoms with Crippen LogP contribution in [0, 0.1) is 5.92 Å². The Morgan fingerprint density at radius 3 is 2.23 bits per heavy atom. The highest BCUT2D eigenvalue weighted by Gasteiger charge is 2.27. The van der Waals surface area contributed by atoms with E-state index < -0.39 is 5.60 Å². The van der Waals surface area contributed by atoms with Gasteiger partial charge in [-0.3, -0.25) is 4.90 Å². The summed E-state index contributed by atoms with van der Waals surface area (Å²) in [6, 6.07) is 0. The molecule has 7 nitrogen and oxygen atoms in total. The maximum absolute atomic E-state index is 12.1. The average Bonchev–Trinajstić information content (AvgIpc) is 2.59. The predicted molar refractivity (Wildman–Crippen MR) is 101 cm³/mol. The van der Waals surface area contributed by atoms with Gasteiger partial charge in [-0.2, -0.15) is 0 Å². The van der Waals surface area contributed by atoms with Crippen LogP contribution in [0.3, 0.4) is 0 Å². The average molecular weight is 372 g/mol. The van der Waals surface area contributed by atoms with Crippen molar-refractivity contribution in [2.75, 3.05) is 72.2 Å². The third kappa shape index (κ3) is 7.78. The minimum atomic E-state index is -0.425. The first-order chi connectivity index (χ1) is 12.4. The van der Waals surface area contributed by atoms with Gasteiger partial charge in [-0.15, -0.1) is 0 Å². The van der Waals surface area contributed by atoms with Crippen molar-refractivity contribution in [2.24, 2.45) is 5.92 Å². The Kier molecular flexibility index (Phi) is 8.60. The fraction of sp³-hybridized carbons (Fsp3) is 0.947. The summed E-state index contributed by atoms with van der Waals surface area (Å²) in [6.07, 6.45) is 2.27. The van der Waals surface area contributed by atoms with E-state index in [9.17, 15) is 4.79 Å². The third-order valence-corrected chi connectivity index (χ3v) is 5.04. The number of hydrogen-bond donors (Lipinski definition) is 1. The Hall–Kier alpha value is -0.890. The van der Waals surface area contributed by atoms with Crippen LogP contribution in [0.4, 0.5) is 4.79 Å². The molecule has 7 heteroatoms. The van der Waals surface area contributed by atoms with Crippen molar-refractivity contribution in [3.05, 3.63) is 0 Å². The zero-order valence-electron chi connectivity index (χ0n) is 16.8. The molecule has 2 rings (SSSR count). The first-order valence-corrected chi connectivity index (χ1v) is 9.98.